The molecule has 0 amide bonds. The monoisotopic (exact) mass is 226 g/mol. The van der Waals surface area contributed by atoms with Gasteiger partial charge >= 0.3 is 0 Å². The molecule has 1 aliphatic rings. The van der Waals surface area contributed by atoms with Crippen LogP contribution in [0.15, 0.2) is 42.5 Å². The van der Waals surface area contributed by atoms with Gasteiger partial charge in [-0.2, -0.15) is 0 Å². The standard InChI is InChI=1S/C16H15F/c1-11-8-9-16-14(11)6-3-7-15(16)12-4-2-5-13(17)10-12/h2-7,10-11H,8-9H2,1H3/t11-/m0/s1. The minimum absolute atomic E-state index is 0.161. The maximum Gasteiger partial charge on any atom is 0.123 e. The molecular weight excluding hydrogens is 211 g/mol. The van der Waals surface area contributed by atoms with Crippen molar-refractivity contribution in [1.82, 2.24) is 0 Å². The van der Waals surface area contributed by atoms with Crippen LogP contribution in [-0.4, -0.2) is 0 Å². The van der Waals surface area contributed by atoms with Gasteiger partial charge in [-0.3, -0.25) is 0 Å². The molecule has 1 atom stereocenters. The number of hydrogen-bond acceptors (Lipinski definition) is 0. The topological polar surface area (TPSA) is 0 Å². The highest BCUT2D eigenvalue weighted by Crippen LogP contribution is 2.38. The van der Waals surface area contributed by atoms with E-state index >= 15 is 0 Å². The van der Waals surface area contributed by atoms with E-state index in [9.17, 15) is 4.39 Å². The molecule has 0 radical (unpaired) electrons. The first-order valence-electron chi connectivity index (χ1n) is 6.13. The molecule has 0 spiro atoms. The summed E-state index contributed by atoms with van der Waals surface area (Å²) in [4.78, 5) is 0. The maximum absolute atomic E-state index is 13.3. The zero-order valence-electron chi connectivity index (χ0n) is 9.91. The van der Waals surface area contributed by atoms with Crippen molar-refractivity contribution >= 4 is 0 Å². The lowest BCUT2D eigenvalue weighted by atomic mass is 9.95. The molecule has 0 N–H and O–H groups in total. The molecule has 2 aromatic carbocycles. The van der Waals surface area contributed by atoms with Gasteiger partial charge in [0.1, 0.15) is 5.82 Å². The van der Waals surface area contributed by atoms with Crippen LogP contribution in [0.25, 0.3) is 11.1 Å². The summed E-state index contributed by atoms with van der Waals surface area (Å²) < 4.78 is 13.3. The minimum atomic E-state index is -0.161. The summed E-state index contributed by atoms with van der Waals surface area (Å²) in [5, 5.41) is 0. The molecular formula is C16H15F. The van der Waals surface area contributed by atoms with E-state index in [0.717, 1.165) is 12.0 Å². The van der Waals surface area contributed by atoms with Crippen LogP contribution in [0.1, 0.15) is 30.4 Å². The average Bonchev–Trinajstić information content (AvgIpc) is 2.71. The Morgan fingerprint density at radius 1 is 1.12 bits per heavy atom. The summed E-state index contributed by atoms with van der Waals surface area (Å²) >= 11 is 0. The Balaban J connectivity index is 2.17. The van der Waals surface area contributed by atoms with Crippen LogP contribution in [0.4, 0.5) is 4.39 Å². The van der Waals surface area contributed by atoms with E-state index in [1.807, 2.05) is 6.07 Å². The molecule has 1 heteroatoms. The summed E-state index contributed by atoms with van der Waals surface area (Å²) in [6.07, 6.45) is 2.32. The minimum Gasteiger partial charge on any atom is -0.207 e. The SMILES string of the molecule is C[C@H]1CCc2c(-c3cccc(F)c3)cccc21. The predicted octanol–water partition coefficient (Wildman–Crippen LogP) is 4.54. The van der Waals surface area contributed by atoms with Crippen molar-refractivity contribution in [3.63, 3.8) is 0 Å². The Kier molecular flexibility index (Phi) is 2.47. The lowest BCUT2D eigenvalue weighted by Gasteiger charge is -2.10. The highest BCUT2D eigenvalue weighted by molar-refractivity contribution is 5.70. The second kappa shape index (κ2) is 3.99. The van der Waals surface area contributed by atoms with E-state index in [1.165, 1.54) is 29.2 Å². The molecule has 0 fully saturated rings. The Morgan fingerprint density at radius 2 is 1.94 bits per heavy atom. The second-order valence-electron chi connectivity index (χ2n) is 4.82. The molecule has 17 heavy (non-hydrogen) atoms. The van der Waals surface area contributed by atoms with Gasteiger partial charge in [-0.15, -0.1) is 0 Å². The average molecular weight is 226 g/mol. The Hall–Kier alpha value is -1.63. The zero-order chi connectivity index (χ0) is 11.8. The van der Waals surface area contributed by atoms with Crippen molar-refractivity contribution in [3.8, 4) is 11.1 Å². The first-order valence-corrected chi connectivity index (χ1v) is 6.13. The molecule has 2 aromatic rings. The van der Waals surface area contributed by atoms with E-state index in [-0.39, 0.29) is 5.82 Å². The fourth-order valence-electron chi connectivity index (χ4n) is 2.79. The molecule has 0 aromatic heterocycles. The van der Waals surface area contributed by atoms with Crippen LogP contribution in [-0.2, 0) is 6.42 Å². The van der Waals surface area contributed by atoms with Gasteiger partial charge < -0.3 is 0 Å². The Bertz CT molecular complexity index is 557. The smallest absolute Gasteiger partial charge is 0.123 e. The van der Waals surface area contributed by atoms with E-state index in [0.29, 0.717) is 5.92 Å². The normalized spacial score (nSPS) is 18.1. The van der Waals surface area contributed by atoms with E-state index in [4.69, 9.17) is 0 Å². The Morgan fingerprint density at radius 3 is 2.76 bits per heavy atom. The number of hydrogen-bond donors (Lipinski definition) is 0. The molecule has 0 unspecified atom stereocenters. The van der Waals surface area contributed by atoms with Gasteiger partial charge in [-0.05, 0) is 53.1 Å². The molecule has 0 bridgehead atoms. The molecule has 0 nitrogen and oxygen atoms in total. The number of halogens is 1. The first kappa shape index (κ1) is 10.5. The third-order valence-electron chi connectivity index (χ3n) is 3.71. The largest absolute Gasteiger partial charge is 0.207 e. The molecule has 0 saturated carbocycles. The van der Waals surface area contributed by atoms with Crippen molar-refractivity contribution < 1.29 is 4.39 Å². The number of fused-ring (bicyclic) bond motifs is 1. The first-order chi connectivity index (χ1) is 8.25. The van der Waals surface area contributed by atoms with Crippen molar-refractivity contribution in [3.05, 3.63) is 59.4 Å². The van der Waals surface area contributed by atoms with Crippen LogP contribution in [0, 0.1) is 5.82 Å². The zero-order valence-corrected chi connectivity index (χ0v) is 9.91. The summed E-state index contributed by atoms with van der Waals surface area (Å²) in [5.41, 5.74) is 5.04. The van der Waals surface area contributed by atoms with Crippen molar-refractivity contribution in [2.24, 2.45) is 0 Å². The van der Waals surface area contributed by atoms with Gasteiger partial charge in [-0.1, -0.05) is 37.3 Å². The fourth-order valence-corrected chi connectivity index (χ4v) is 2.79. The molecule has 0 aliphatic heterocycles. The lowest BCUT2D eigenvalue weighted by molar-refractivity contribution is 0.628. The molecule has 3 rings (SSSR count). The van der Waals surface area contributed by atoms with Crippen molar-refractivity contribution in [2.45, 2.75) is 25.7 Å². The van der Waals surface area contributed by atoms with Gasteiger partial charge in [0, 0.05) is 0 Å². The van der Waals surface area contributed by atoms with Gasteiger partial charge in [0.15, 0.2) is 0 Å². The second-order valence-corrected chi connectivity index (χ2v) is 4.82. The van der Waals surface area contributed by atoms with E-state index in [1.54, 1.807) is 12.1 Å². The summed E-state index contributed by atoms with van der Waals surface area (Å²) in [7, 11) is 0. The van der Waals surface area contributed by atoms with Crippen LogP contribution in [0.3, 0.4) is 0 Å². The lowest BCUT2D eigenvalue weighted by Crippen LogP contribution is -1.90. The summed E-state index contributed by atoms with van der Waals surface area (Å²) in [6.45, 7) is 2.27. The van der Waals surface area contributed by atoms with Crippen molar-refractivity contribution in [2.75, 3.05) is 0 Å². The quantitative estimate of drug-likeness (QED) is 0.669. The molecule has 0 heterocycles. The highest BCUT2D eigenvalue weighted by Gasteiger charge is 2.21. The van der Waals surface area contributed by atoms with Crippen LogP contribution in [0.2, 0.25) is 0 Å². The van der Waals surface area contributed by atoms with Gasteiger partial charge in [0.25, 0.3) is 0 Å². The summed E-state index contributed by atoms with van der Waals surface area (Å²) in [6, 6.07) is 13.3. The third-order valence-corrected chi connectivity index (χ3v) is 3.71. The van der Waals surface area contributed by atoms with Gasteiger partial charge in [0.05, 0.1) is 0 Å². The van der Waals surface area contributed by atoms with E-state index < -0.39 is 0 Å². The fraction of sp³-hybridized carbons (Fsp3) is 0.250. The Labute approximate surface area is 101 Å². The van der Waals surface area contributed by atoms with Gasteiger partial charge in [-0.25, -0.2) is 4.39 Å². The summed E-state index contributed by atoms with van der Waals surface area (Å²) in [5.74, 6) is 0.477. The van der Waals surface area contributed by atoms with Crippen LogP contribution < -0.4 is 0 Å². The number of rotatable bonds is 1. The predicted molar refractivity (Wildman–Crippen MR) is 68.6 cm³/mol. The van der Waals surface area contributed by atoms with Crippen LogP contribution >= 0.6 is 0 Å². The molecule has 1 aliphatic carbocycles. The number of benzene rings is 2. The third kappa shape index (κ3) is 1.76. The van der Waals surface area contributed by atoms with Crippen molar-refractivity contribution in [1.29, 1.82) is 0 Å². The maximum atomic E-state index is 13.3. The van der Waals surface area contributed by atoms with Gasteiger partial charge in [0.2, 0.25) is 0 Å². The molecule has 86 valence electrons. The highest BCUT2D eigenvalue weighted by atomic mass is 19.1. The van der Waals surface area contributed by atoms with Crippen LogP contribution in [0.5, 0.6) is 0 Å². The van der Waals surface area contributed by atoms with E-state index in [2.05, 4.69) is 25.1 Å². The molecule has 0 saturated heterocycles.